The zero-order valence-electron chi connectivity index (χ0n) is 16.3. The third-order valence-electron chi connectivity index (χ3n) is 6.67. The van der Waals surface area contributed by atoms with Gasteiger partial charge in [0.2, 0.25) is 0 Å². The highest BCUT2D eigenvalue weighted by Gasteiger charge is 2.34. The minimum atomic E-state index is 0.517. The number of morpholine rings is 1. The maximum absolute atomic E-state index is 5.69. The third-order valence-corrected chi connectivity index (χ3v) is 6.67. The molecule has 2 aliphatic heterocycles. The molecule has 0 amide bonds. The van der Waals surface area contributed by atoms with Gasteiger partial charge in [-0.1, -0.05) is 25.0 Å². The van der Waals surface area contributed by atoms with Gasteiger partial charge < -0.3 is 15.4 Å². The Hall–Kier alpha value is -1.10. The van der Waals surface area contributed by atoms with E-state index in [1.54, 1.807) is 0 Å². The first-order valence-electron chi connectivity index (χ1n) is 10.7. The second-order valence-electron chi connectivity index (χ2n) is 8.49. The molecule has 3 fully saturated rings. The first-order valence-corrected chi connectivity index (χ1v) is 10.7. The molecule has 3 aliphatic rings. The van der Waals surface area contributed by atoms with Crippen molar-refractivity contribution >= 4 is 5.69 Å². The van der Waals surface area contributed by atoms with Crippen molar-refractivity contribution < 1.29 is 4.74 Å². The fourth-order valence-electron chi connectivity index (χ4n) is 5.06. The number of nitrogens with zero attached hydrogens (tertiary/aromatic N) is 1. The molecule has 1 aliphatic carbocycles. The van der Waals surface area contributed by atoms with Crippen LogP contribution in [0.2, 0.25) is 0 Å². The maximum atomic E-state index is 5.69. The van der Waals surface area contributed by atoms with Crippen LogP contribution in [0.1, 0.15) is 51.0 Å². The summed E-state index contributed by atoms with van der Waals surface area (Å²) in [7, 11) is 0. The van der Waals surface area contributed by atoms with Gasteiger partial charge >= 0.3 is 0 Å². The largest absolute Gasteiger partial charge is 0.382 e. The first-order chi connectivity index (χ1) is 12.8. The number of ether oxygens (including phenoxy) is 1. The third kappa shape index (κ3) is 4.41. The number of piperidine rings is 1. The molecule has 1 aromatic rings. The Morgan fingerprint density at radius 2 is 2.00 bits per heavy atom. The summed E-state index contributed by atoms with van der Waals surface area (Å²) in [4.78, 5) is 2.63. The molecule has 0 aromatic heterocycles. The predicted octanol–water partition coefficient (Wildman–Crippen LogP) is 3.63. The SMILES string of the molecule is CC1CCCCN1Cc1ccc(NC2CCCC2C2COCCN2)cc1. The van der Waals surface area contributed by atoms with E-state index in [0.29, 0.717) is 18.0 Å². The average Bonchev–Trinajstić information content (AvgIpc) is 3.14. The van der Waals surface area contributed by atoms with E-state index in [1.165, 1.54) is 56.3 Å². The number of rotatable bonds is 5. The smallest absolute Gasteiger partial charge is 0.0623 e. The molecule has 0 spiro atoms. The number of anilines is 1. The highest BCUT2D eigenvalue weighted by molar-refractivity contribution is 5.46. The van der Waals surface area contributed by atoms with Gasteiger partial charge in [-0.15, -0.1) is 0 Å². The molecule has 2 saturated heterocycles. The van der Waals surface area contributed by atoms with E-state index >= 15 is 0 Å². The Morgan fingerprint density at radius 3 is 2.77 bits per heavy atom. The predicted molar refractivity (Wildman–Crippen MR) is 108 cm³/mol. The molecular formula is C22H35N3O. The summed E-state index contributed by atoms with van der Waals surface area (Å²) < 4.78 is 5.69. The van der Waals surface area contributed by atoms with Crippen LogP contribution < -0.4 is 10.6 Å². The van der Waals surface area contributed by atoms with Crippen LogP contribution in [0, 0.1) is 5.92 Å². The molecule has 4 unspecified atom stereocenters. The van der Waals surface area contributed by atoms with E-state index in [1.807, 2.05) is 0 Å². The molecule has 0 radical (unpaired) electrons. The van der Waals surface area contributed by atoms with E-state index in [4.69, 9.17) is 4.74 Å². The molecule has 1 aromatic carbocycles. The van der Waals surface area contributed by atoms with E-state index in [2.05, 4.69) is 46.7 Å². The lowest BCUT2D eigenvalue weighted by Gasteiger charge is -2.34. The van der Waals surface area contributed by atoms with Gasteiger partial charge in [0.25, 0.3) is 0 Å². The van der Waals surface area contributed by atoms with Gasteiger partial charge in [0.1, 0.15) is 0 Å². The summed E-state index contributed by atoms with van der Waals surface area (Å²) in [5.41, 5.74) is 2.71. The van der Waals surface area contributed by atoms with Gasteiger partial charge in [0, 0.05) is 36.9 Å². The van der Waals surface area contributed by atoms with Crippen LogP contribution in [0.5, 0.6) is 0 Å². The summed E-state index contributed by atoms with van der Waals surface area (Å²) in [5.74, 6) is 0.684. The molecule has 2 heterocycles. The molecule has 26 heavy (non-hydrogen) atoms. The molecule has 4 heteroatoms. The summed E-state index contributed by atoms with van der Waals surface area (Å²) in [6, 6.07) is 11.0. The number of likely N-dealkylation sites (tertiary alicyclic amines) is 1. The average molecular weight is 358 g/mol. The van der Waals surface area contributed by atoms with E-state index < -0.39 is 0 Å². The van der Waals surface area contributed by atoms with Crippen molar-refractivity contribution in [3.8, 4) is 0 Å². The van der Waals surface area contributed by atoms with Crippen molar-refractivity contribution in [2.24, 2.45) is 5.92 Å². The first kappa shape index (κ1) is 18.3. The topological polar surface area (TPSA) is 36.5 Å². The second kappa shape index (κ2) is 8.73. The standard InChI is InChI=1S/C22H35N3O/c1-17-5-2-3-13-25(17)15-18-8-10-19(11-9-18)24-21-7-4-6-20(21)22-16-26-14-12-23-22/h8-11,17,20-24H,2-7,12-16H2,1H3. The van der Waals surface area contributed by atoms with Crippen LogP contribution in [-0.2, 0) is 11.3 Å². The minimum absolute atomic E-state index is 0.517. The summed E-state index contributed by atoms with van der Waals surface area (Å²) >= 11 is 0. The quantitative estimate of drug-likeness (QED) is 0.844. The summed E-state index contributed by atoms with van der Waals surface area (Å²) in [6.07, 6.45) is 8.00. The molecule has 4 rings (SSSR count). The lowest BCUT2D eigenvalue weighted by Crippen LogP contribution is -2.49. The lowest BCUT2D eigenvalue weighted by molar-refractivity contribution is 0.0559. The lowest BCUT2D eigenvalue weighted by atomic mass is 9.93. The molecule has 4 nitrogen and oxygen atoms in total. The van der Waals surface area contributed by atoms with E-state index in [0.717, 1.165) is 32.3 Å². The zero-order chi connectivity index (χ0) is 17.8. The molecule has 2 N–H and O–H groups in total. The minimum Gasteiger partial charge on any atom is -0.382 e. The van der Waals surface area contributed by atoms with Gasteiger partial charge in [0.15, 0.2) is 0 Å². The van der Waals surface area contributed by atoms with Gasteiger partial charge in [0.05, 0.1) is 13.2 Å². The van der Waals surface area contributed by atoms with Gasteiger partial charge in [-0.2, -0.15) is 0 Å². The normalized spacial score (nSPS) is 33.3. The number of benzene rings is 1. The van der Waals surface area contributed by atoms with Crippen LogP contribution in [-0.4, -0.2) is 49.3 Å². The summed E-state index contributed by atoms with van der Waals surface area (Å²) in [5, 5.41) is 7.48. The number of nitrogens with one attached hydrogen (secondary N) is 2. The van der Waals surface area contributed by atoms with Crippen molar-refractivity contribution in [3.63, 3.8) is 0 Å². The van der Waals surface area contributed by atoms with Crippen LogP contribution in [0.15, 0.2) is 24.3 Å². The van der Waals surface area contributed by atoms with Crippen LogP contribution in [0.3, 0.4) is 0 Å². The van der Waals surface area contributed by atoms with Gasteiger partial charge in [-0.05, 0) is 62.8 Å². The highest BCUT2D eigenvalue weighted by Crippen LogP contribution is 2.32. The van der Waals surface area contributed by atoms with Gasteiger partial charge in [-0.25, -0.2) is 0 Å². The Bertz CT molecular complexity index is 555. The van der Waals surface area contributed by atoms with E-state index in [-0.39, 0.29) is 0 Å². The Balaban J connectivity index is 1.33. The van der Waals surface area contributed by atoms with Crippen molar-refractivity contribution in [1.29, 1.82) is 0 Å². The Labute approximate surface area is 158 Å². The fourth-order valence-corrected chi connectivity index (χ4v) is 5.06. The van der Waals surface area contributed by atoms with Crippen molar-refractivity contribution in [2.45, 2.75) is 70.1 Å². The Morgan fingerprint density at radius 1 is 1.12 bits per heavy atom. The van der Waals surface area contributed by atoms with Crippen molar-refractivity contribution in [2.75, 3.05) is 31.6 Å². The second-order valence-corrected chi connectivity index (χ2v) is 8.49. The van der Waals surface area contributed by atoms with Crippen LogP contribution >= 0.6 is 0 Å². The molecule has 4 atom stereocenters. The Kier molecular flexibility index (Phi) is 6.13. The molecular weight excluding hydrogens is 322 g/mol. The maximum Gasteiger partial charge on any atom is 0.0623 e. The fraction of sp³-hybridized carbons (Fsp3) is 0.727. The number of hydrogen-bond acceptors (Lipinski definition) is 4. The van der Waals surface area contributed by atoms with Gasteiger partial charge in [-0.3, -0.25) is 4.90 Å². The monoisotopic (exact) mass is 357 g/mol. The zero-order valence-corrected chi connectivity index (χ0v) is 16.3. The van der Waals surface area contributed by atoms with E-state index in [9.17, 15) is 0 Å². The van der Waals surface area contributed by atoms with Crippen LogP contribution in [0.4, 0.5) is 5.69 Å². The molecule has 144 valence electrons. The molecule has 1 saturated carbocycles. The van der Waals surface area contributed by atoms with Crippen molar-refractivity contribution in [3.05, 3.63) is 29.8 Å². The summed E-state index contributed by atoms with van der Waals surface area (Å²) in [6.45, 7) is 7.45. The number of hydrogen-bond donors (Lipinski definition) is 2. The van der Waals surface area contributed by atoms with Crippen molar-refractivity contribution in [1.82, 2.24) is 10.2 Å². The molecule has 0 bridgehead atoms. The van der Waals surface area contributed by atoms with Crippen LogP contribution in [0.25, 0.3) is 0 Å². The highest BCUT2D eigenvalue weighted by atomic mass is 16.5.